The first kappa shape index (κ1) is 24.8. The summed E-state index contributed by atoms with van der Waals surface area (Å²) >= 11 is 6.61. The zero-order chi connectivity index (χ0) is 24.1. The largest absolute Gasteiger partial charge is 0.367 e. The SMILES string of the molecule is Bc1cnn2c(NC(CC)CCN(C)C(=O)CC3CCCCC3)cc(C3=CC=CCC3Cl)nc12. The molecular formula is C26H37BClN5O. The third kappa shape index (κ3) is 5.85. The van der Waals surface area contributed by atoms with Gasteiger partial charge in [0.15, 0.2) is 5.65 Å². The lowest BCUT2D eigenvalue weighted by atomic mass is 9.86. The molecule has 1 amide bonds. The Bertz CT molecular complexity index is 1060. The van der Waals surface area contributed by atoms with Gasteiger partial charge in [-0.05, 0) is 49.1 Å². The Balaban J connectivity index is 1.45. The molecule has 1 fully saturated rings. The molecule has 2 aromatic rings. The summed E-state index contributed by atoms with van der Waals surface area (Å²) in [5, 5.41) is 8.17. The predicted molar refractivity (Wildman–Crippen MR) is 144 cm³/mol. The van der Waals surface area contributed by atoms with Gasteiger partial charge in [-0.25, -0.2) is 4.98 Å². The first-order chi connectivity index (χ1) is 16.5. The number of amides is 1. The lowest BCUT2D eigenvalue weighted by Gasteiger charge is -2.26. The van der Waals surface area contributed by atoms with E-state index in [9.17, 15) is 4.79 Å². The number of hydrogen-bond donors (Lipinski definition) is 1. The fraction of sp³-hybridized carbons (Fsp3) is 0.577. The van der Waals surface area contributed by atoms with Gasteiger partial charge in [-0.15, -0.1) is 11.6 Å². The van der Waals surface area contributed by atoms with Crippen molar-refractivity contribution in [2.24, 2.45) is 5.92 Å². The van der Waals surface area contributed by atoms with Crippen LogP contribution in [0.15, 0.2) is 30.5 Å². The van der Waals surface area contributed by atoms with E-state index in [0.717, 1.165) is 54.0 Å². The van der Waals surface area contributed by atoms with Gasteiger partial charge < -0.3 is 10.2 Å². The van der Waals surface area contributed by atoms with Crippen LogP contribution in [0.5, 0.6) is 0 Å². The maximum Gasteiger partial charge on any atom is 0.222 e. The molecule has 8 heteroatoms. The van der Waals surface area contributed by atoms with E-state index in [1.165, 1.54) is 32.1 Å². The third-order valence-electron chi connectivity index (χ3n) is 7.31. The van der Waals surface area contributed by atoms with Gasteiger partial charge in [0.1, 0.15) is 13.7 Å². The molecule has 2 aromatic heterocycles. The first-order valence-electron chi connectivity index (χ1n) is 12.8. The van der Waals surface area contributed by atoms with Crippen molar-refractivity contribution < 1.29 is 4.79 Å². The van der Waals surface area contributed by atoms with Crippen LogP contribution in [0.25, 0.3) is 11.2 Å². The minimum Gasteiger partial charge on any atom is -0.367 e. The molecule has 0 aliphatic heterocycles. The van der Waals surface area contributed by atoms with Gasteiger partial charge in [-0.1, -0.05) is 44.4 Å². The quantitative estimate of drug-likeness (QED) is 0.435. The second-order valence-electron chi connectivity index (χ2n) is 9.90. The highest BCUT2D eigenvalue weighted by atomic mass is 35.5. The highest BCUT2D eigenvalue weighted by molar-refractivity contribution is 6.36. The van der Waals surface area contributed by atoms with E-state index in [0.29, 0.717) is 12.3 Å². The van der Waals surface area contributed by atoms with Crippen LogP contribution in [-0.2, 0) is 4.79 Å². The lowest BCUT2D eigenvalue weighted by molar-refractivity contribution is -0.131. The molecule has 6 nitrogen and oxygen atoms in total. The van der Waals surface area contributed by atoms with Gasteiger partial charge >= 0.3 is 0 Å². The summed E-state index contributed by atoms with van der Waals surface area (Å²) in [6, 6.07) is 2.28. The maximum atomic E-state index is 12.8. The molecule has 2 aliphatic rings. The normalized spacial score (nSPS) is 19.7. The van der Waals surface area contributed by atoms with Crippen LogP contribution in [0.3, 0.4) is 0 Å². The average molecular weight is 482 g/mol. The molecule has 1 N–H and O–H groups in total. The van der Waals surface area contributed by atoms with Gasteiger partial charge in [0.05, 0.1) is 11.1 Å². The molecule has 2 unspecified atom stereocenters. The van der Waals surface area contributed by atoms with Crippen LogP contribution in [0.1, 0.15) is 70.4 Å². The Hall–Kier alpha value is -2.28. The van der Waals surface area contributed by atoms with E-state index in [4.69, 9.17) is 16.6 Å². The molecule has 2 aliphatic carbocycles. The van der Waals surface area contributed by atoms with Crippen LogP contribution in [-0.4, -0.2) is 58.3 Å². The monoisotopic (exact) mass is 481 g/mol. The highest BCUT2D eigenvalue weighted by Crippen LogP contribution is 2.29. The molecule has 1 saturated carbocycles. The van der Waals surface area contributed by atoms with E-state index >= 15 is 0 Å². The van der Waals surface area contributed by atoms with Crippen molar-refractivity contribution in [2.45, 2.75) is 76.1 Å². The van der Waals surface area contributed by atoms with E-state index in [2.05, 4.69) is 35.6 Å². The summed E-state index contributed by atoms with van der Waals surface area (Å²) in [4.78, 5) is 19.6. The van der Waals surface area contributed by atoms with Crippen molar-refractivity contribution in [3.63, 3.8) is 0 Å². The maximum absolute atomic E-state index is 12.8. The smallest absolute Gasteiger partial charge is 0.222 e. The molecule has 0 spiro atoms. The first-order valence-corrected chi connectivity index (χ1v) is 13.3. The van der Waals surface area contributed by atoms with Crippen molar-refractivity contribution in [3.8, 4) is 0 Å². The molecule has 4 rings (SSSR count). The zero-order valence-corrected chi connectivity index (χ0v) is 21.5. The highest BCUT2D eigenvalue weighted by Gasteiger charge is 2.22. The second kappa shape index (κ2) is 11.4. The number of nitrogens with zero attached hydrogens (tertiary/aromatic N) is 4. The number of allylic oxidation sites excluding steroid dienone is 4. The van der Waals surface area contributed by atoms with E-state index in [1.54, 1.807) is 0 Å². The summed E-state index contributed by atoms with van der Waals surface area (Å²) in [5.74, 6) is 1.77. The fourth-order valence-electron chi connectivity index (χ4n) is 5.03. The number of fused-ring (bicyclic) bond motifs is 1. The molecule has 34 heavy (non-hydrogen) atoms. The summed E-state index contributed by atoms with van der Waals surface area (Å²) < 4.78 is 1.88. The number of rotatable bonds is 9. The molecule has 2 heterocycles. The summed E-state index contributed by atoms with van der Waals surface area (Å²) in [6.45, 7) is 2.92. The number of nitrogens with one attached hydrogen (secondary N) is 1. The van der Waals surface area contributed by atoms with Crippen molar-refractivity contribution >= 4 is 47.9 Å². The van der Waals surface area contributed by atoms with Crippen LogP contribution >= 0.6 is 11.6 Å². The number of carbonyl (C=O) groups excluding carboxylic acids is 1. The lowest BCUT2D eigenvalue weighted by Crippen LogP contribution is -2.33. The average Bonchev–Trinajstić information content (AvgIpc) is 3.23. The van der Waals surface area contributed by atoms with Crippen molar-refractivity contribution in [3.05, 3.63) is 36.2 Å². The second-order valence-corrected chi connectivity index (χ2v) is 10.4. The third-order valence-corrected chi connectivity index (χ3v) is 7.72. The van der Waals surface area contributed by atoms with Gasteiger partial charge in [0, 0.05) is 38.3 Å². The molecule has 182 valence electrons. The molecule has 0 saturated heterocycles. The Kier molecular flexibility index (Phi) is 8.35. The Labute approximate surface area is 209 Å². The summed E-state index contributed by atoms with van der Waals surface area (Å²) in [7, 11) is 3.97. The Morgan fingerprint density at radius 2 is 2.15 bits per heavy atom. The number of carbonyl (C=O) groups is 1. The Morgan fingerprint density at radius 1 is 1.35 bits per heavy atom. The molecule has 2 atom stereocenters. The van der Waals surface area contributed by atoms with Gasteiger partial charge in [-0.3, -0.25) is 4.79 Å². The van der Waals surface area contributed by atoms with Crippen molar-refractivity contribution in [2.75, 3.05) is 18.9 Å². The molecule has 0 aromatic carbocycles. The molecular weight excluding hydrogens is 445 g/mol. The predicted octanol–water partition coefficient (Wildman–Crippen LogP) is 3.95. The van der Waals surface area contributed by atoms with E-state index < -0.39 is 0 Å². The zero-order valence-electron chi connectivity index (χ0n) is 20.8. The number of alkyl halides is 1. The topological polar surface area (TPSA) is 62.5 Å². The number of halogens is 1. The number of aromatic nitrogens is 3. The van der Waals surface area contributed by atoms with Crippen LogP contribution in [0, 0.1) is 5.92 Å². The standard InChI is InChI=1S/C26H37BClN5O/c1-3-19(13-14-32(2)25(34)15-18-9-5-4-6-10-18)30-24-16-23(20-11-7-8-12-22(20)28)31-26-21(27)17-29-33(24)26/h7-8,11,16-19,22,30H,3-6,9-10,12-15,27H2,1-2H3. The van der Waals surface area contributed by atoms with E-state index in [-0.39, 0.29) is 17.3 Å². The van der Waals surface area contributed by atoms with Crippen molar-refractivity contribution in [1.29, 1.82) is 0 Å². The number of anilines is 1. The number of hydrogen-bond acceptors (Lipinski definition) is 4. The van der Waals surface area contributed by atoms with Gasteiger partial charge in [0.2, 0.25) is 5.91 Å². The van der Waals surface area contributed by atoms with Crippen LogP contribution in [0.2, 0.25) is 0 Å². The fourth-order valence-corrected chi connectivity index (χ4v) is 5.31. The summed E-state index contributed by atoms with van der Waals surface area (Å²) in [6.07, 6.45) is 17.7. The summed E-state index contributed by atoms with van der Waals surface area (Å²) in [5.41, 5.74) is 3.80. The van der Waals surface area contributed by atoms with E-state index in [1.807, 2.05) is 36.6 Å². The molecule has 0 radical (unpaired) electrons. The minimum absolute atomic E-state index is 0.0816. The Morgan fingerprint density at radius 3 is 2.88 bits per heavy atom. The molecule has 0 bridgehead atoms. The minimum atomic E-state index is -0.0816. The van der Waals surface area contributed by atoms with Crippen LogP contribution < -0.4 is 10.8 Å². The van der Waals surface area contributed by atoms with Gasteiger partial charge in [0.25, 0.3) is 0 Å². The van der Waals surface area contributed by atoms with Crippen molar-refractivity contribution in [1.82, 2.24) is 19.5 Å². The van der Waals surface area contributed by atoms with Gasteiger partial charge in [-0.2, -0.15) is 9.61 Å². The van der Waals surface area contributed by atoms with Crippen LogP contribution in [0.4, 0.5) is 5.82 Å².